The Bertz CT molecular complexity index is 808. The van der Waals surface area contributed by atoms with Crippen molar-refractivity contribution in [2.45, 2.75) is 18.2 Å². The van der Waals surface area contributed by atoms with E-state index in [1.54, 1.807) is 12.1 Å². The normalized spacial score (nSPS) is 10.3. The molecule has 1 amide bonds. The predicted octanol–water partition coefficient (Wildman–Crippen LogP) is 2.90. The molecule has 2 rings (SSSR count). The molecule has 2 aromatic carbocycles. The molecule has 7 nitrogen and oxygen atoms in total. The van der Waals surface area contributed by atoms with Crippen LogP contribution in [0.3, 0.4) is 0 Å². The molecule has 0 spiro atoms. The van der Waals surface area contributed by atoms with Crippen molar-refractivity contribution in [2.24, 2.45) is 0 Å². The van der Waals surface area contributed by atoms with Crippen LogP contribution >= 0.6 is 11.8 Å². The number of nitrogens with zero attached hydrogens (tertiary/aromatic N) is 1. The van der Waals surface area contributed by atoms with E-state index in [9.17, 15) is 19.7 Å². The number of hydrogen-bond acceptors (Lipinski definition) is 6. The Morgan fingerprint density at radius 3 is 2.52 bits per heavy atom. The molecule has 27 heavy (non-hydrogen) atoms. The van der Waals surface area contributed by atoms with Gasteiger partial charge in [0, 0.05) is 23.6 Å². The number of non-ortho nitro benzene ring substituents is 1. The number of nitrogens with one attached hydrogen (secondary N) is 1. The Balaban J connectivity index is 1.63. The second-order valence-electron chi connectivity index (χ2n) is 5.73. The van der Waals surface area contributed by atoms with Crippen molar-refractivity contribution in [3.63, 3.8) is 0 Å². The number of carbonyl (C=O) groups excluding carboxylic acids is 2. The third-order valence-corrected chi connectivity index (χ3v) is 4.73. The van der Waals surface area contributed by atoms with E-state index in [0.717, 1.165) is 5.56 Å². The zero-order valence-corrected chi connectivity index (χ0v) is 15.7. The minimum Gasteiger partial charge on any atom is -0.455 e. The molecule has 142 valence electrons. The lowest BCUT2D eigenvalue weighted by molar-refractivity contribution is -0.384. The molecule has 0 fully saturated rings. The number of benzene rings is 2. The minimum absolute atomic E-state index is 0.00991. The summed E-state index contributed by atoms with van der Waals surface area (Å²) < 4.78 is 4.93. The number of nitro benzene ring substituents is 1. The van der Waals surface area contributed by atoms with Crippen molar-refractivity contribution in [2.75, 3.05) is 18.9 Å². The molecule has 0 aliphatic carbocycles. The monoisotopic (exact) mass is 388 g/mol. The van der Waals surface area contributed by atoms with Crippen LogP contribution in [0, 0.1) is 17.0 Å². The molecule has 0 aliphatic rings. The van der Waals surface area contributed by atoms with Gasteiger partial charge >= 0.3 is 5.97 Å². The van der Waals surface area contributed by atoms with Crippen LogP contribution in [0.5, 0.6) is 0 Å². The van der Waals surface area contributed by atoms with Gasteiger partial charge in [-0.3, -0.25) is 19.7 Å². The molecule has 0 atom stereocenters. The number of nitro groups is 1. The molecule has 0 saturated carbocycles. The van der Waals surface area contributed by atoms with E-state index in [1.807, 2.05) is 31.2 Å². The highest BCUT2D eigenvalue weighted by Crippen LogP contribution is 2.21. The van der Waals surface area contributed by atoms with Crippen molar-refractivity contribution >= 4 is 29.3 Å². The SMILES string of the molecule is Cc1ccccc1CCNC(=O)COC(=O)CSc1ccc([N+](=O)[O-])cc1. The first-order valence-corrected chi connectivity index (χ1v) is 9.28. The van der Waals surface area contributed by atoms with E-state index in [4.69, 9.17) is 4.74 Å². The Labute approximate surface area is 161 Å². The van der Waals surface area contributed by atoms with Gasteiger partial charge in [0.15, 0.2) is 6.61 Å². The van der Waals surface area contributed by atoms with Crippen LogP contribution in [0.1, 0.15) is 11.1 Å². The van der Waals surface area contributed by atoms with Gasteiger partial charge in [-0.15, -0.1) is 11.8 Å². The van der Waals surface area contributed by atoms with Crippen LogP contribution in [-0.4, -0.2) is 35.7 Å². The van der Waals surface area contributed by atoms with Crippen LogP contribution in [0.15, 0.2) is 53.4 Å². The smallest absolute Gasteiger partial charge is 0.316 e. The number of rotatable bonds is 9. The summed E-state index contributed by atoms with van der Waals surface area (Å²) in [7, 11) is 0. The standard InChI is InChI=1S/C19H20N2O5S/c1-14-4-2-3-5-15(14)10-11-20-18(22)12-26-19(23)13-27-17-8-6-16(7-9-17)21(24)25/h2-9H,10-13H2,1H3,(H,20,22). The van der Waals surface area contributed by atoms with Crippen LogP contribution in [0.25, 0.3) is 0 Å². The van der Waals surface area contributed by atoms with Crippen molar-refractivity contribution in [1.29, 1.82) is 0 Å². The van der Waals surface area contributed by atoms with E-state index >= 15 is 0 Å². The highest BCUT2D eigenvalue weighted by molar-refractivity contribution is 8.00. The van der Waals surface area contributed by atoms with Gasteiger partial charge in [0.2, 0.25) is 0 Å². The van der Waals surface area contributed by atoms with Gasteiger partial charge in [0.05, 0.1) is 10.7 Å². The van der Waals surface area contributed by atoms with Crippen molar-refractivity contribution in [1.82, 2.24) is 5.32 Å². The zero-order valence-electron chi connectivity index (χ0n) is 14.8. The average Bonchev–Trinajstić information content (AvgIpc) is 2.66. The molecular formula is C19H20N2O5S. The van der Waals surface area contributed by atoms with Gasteiger partial charge in [-0.05, 0) is 36.6 Å². The molecule has 0 unspecified atom stereocenters. The minimum atomic E-state index is -0.521. The summed E-state index contributed by atoms with van der Waals surface area (Å²) in [6.45, 7) is 2.16. The quantitative estimate of drug-likeness (QED) is 0.307. The lowest BCUT2D eigenvalue weighted by Crippen LogP contribution is -2.30. The summed E-state index contributed by atoms with van der Waals surface area (Å²) in [6, 6.07) is 13.8. The van der Waals surface area contributed by atoms with Crippen LogP contribution in [0.4, 0.5) is 5.69 Å². The fourth-order valence-corrected chi connectivity index (χ4v) is 2.97. The topological polar surface area (TPSA) is 98.5 Å². The molecule has 0 aliphatic heterocycles. The Morgan fingerprint density at radius 1 is 1.15 bits per heavy atom. The first-order valence-electron chi connectivity index (χ1n) is 8.30. The summed E-state index contributed by atoms with van der Waals surface area (Å²) in [4.78, 5) is 34.3. The maximum Gasteiger partial charge on any atom is 0.316 e. The molecular weight excluding hydrogens is 368 g/mol. The average molecular weight is 388 g/mol. The lowest BCUT2D eigenvalue weighted by Gasteiger charge is -2.08. The Morgan fingerprint density at radius 2 is 1.85 bits per heavy atom. The highest BCUT2D eigenvalue weighted by Gasteiger charge is 2.09. The maximum atomic E-state index is 11.7. The van der Waals surface area contributed by atoms with E-state index < -0.39 is 10.9 Å². The lowest BCUT2D eigenvalue weighted by atomic mass is 10.1. The number of esters is 1. The molecule has 0 aromatic heterocycles. The number of hydrogen-bond donors (Lipinski definition) is 1. The van der Waals surface area contributed by atoms with Gasteiger partial charge in [-0.2, -0.15) is 0 Å². The third-order valence-electron chi connectivity index (χ3n) is 3.75. The largest absolute Gasteiger partial charge is 0.455 e. The summed E-state index contributed by atoms with van der Waals surface area (Å²) in [6.07, 6.45) is 0.711. The fraction of sp³-hybridized carbons (Fsp3) is 0.263. The molecule has 2 aromatic rings. The van der Waals surface area contributed by atoms with Crippen molar-refractivity contribution in [3.8, 4) is 0 Å². The number of thioether (sulfide) groups is 1. The number of carbonyl (C=O) groups is 2. The predicted molar refractivity (Wildman–Crippen MR) is 103 cm³/mol. The zero-order chi connectivity index (χ0) is 19.6. The van der Waals surface area contributed by atoms with Gasteiger partial charge < -0.3 is 10.1 Å². The second-order valence-corrected chi connectivity index (χ2v) is 6.78. The number of amides is 1. The molecule has 1 N–H and O–H groups in total. The van der Waals surface area contributed by atoms with E-state index in [-0.39, 0.29) is 24.0 Å². The summed E-state index contributed by atoms with van der Waals surface area (Å²) in [5.41, 5.74) is 2.32. The van der Waals surface area contributed by atoms with E-state index in [0.29, 0.717) is 17.9 Å². The Kier molecular flexibility index (Phi) is 7.81. The summed E-state index contributed by atoms with van der Waals surface area (Å²) >= 11 is 1.19. The van der Waals surface area contributed by atoms with Gasteiger partial charge in [-0.25, -0.2) is 0 Å². The van der Waals surface area contributed by atoms with E-state index in [1.165, 1.54) is 29.5 Å². The fourth-order valence-electron chi connectivity index (χ4n) is 2.27. The highest BCUT2D eigenvalue weighted by atomic mass is 32.2. The summed E-state index contributed by atoms with van der Waals surface area (Å²) in [5, 5.41) is 13.3. The van der Waals surface area contributed by atoms with Crippen LogP contribution in [0.2, 0.25) is 0 Å². The summed E-state index contributed by atoms with van der Waals surface area (Å²) in [5.74, 6) is -0.849. The third kappa shape index (κ3) is 7.10. The Hall–Kier alpha value is -2.87. The molecule has 8 heteroatoms. The first-order chi connectivity index (χ1) is 13.0. The number of aryl methyl sites for hydroxylation is 1. The van der Waals surface area contributed by atoms with Gasteiger partial charge in [-0.1, -0.05) is 24.3 Å². The molecule has 0 heterocycles. The van der Waals surface area contributed by atoms with Gasteiger partial charge in [0.25, 0.3) is 11.6 Å². The number of ether oxygens (including phenoxy) is 1. The molecule has 0 bridgehead atoms. The molecule has 0 radical (unpaired) electrons. The van der Waals surface area contributed by atoms with Gasteiger partial charge in [0.1, 0.15) is 0 Å². The maximum absolute atomic E-state index is 11.7. The van der Waals surface area contributed by atoms with Crippen LogP contribution in [-0.2, 0) is 20.7 Å². The van der Waals surface area contributed by atoms with E-state index in [2.05, 4.69) is 5.32 Å². The van der Waals surface area contributed by atoms with Crippen molar-refractivity contribution < 1.29 is 19.2 Å². The van der Waals surface area contributed by atoms with Crippen LogP contribution < -0.4 is 5.32 Å². The first kappa shape index (κ1) is 20.4. The second kappa shape index (κ2) is 10.3. The molecule has 0 saturated heterocycles. The van der Waals surface area contributed by atoms with Crippen molar-refractivity contribution in [3.05, 3.63) is 69.8 Å².